The molecule has 0 radical (unpaired) electrons. The second-order valence-corrected chi connectivity index (χ2v) is 1.67. The van der Waals surface area contributed by atoms with Crippen LogP contribution in [-0.2, 0) is 0 Å². The number of nitrogens with two attached hydrogens (primary N) is 1. The molecule has 0 fully saturated rings. The van der Waals surface area contributed by atoms with Crippen LogP contribution in [0, 0.1) is 0 Å². The molecule has 0 spiro atoms. The van der Waals surface area contributed by atoms with Crippen LogP contribution in [0.15, 0.2) is 24.3 Å². The SMILES string of the molecule is C=C(/C=C\CC)CN. The molecule has 0 atom stereocenters. The molecule has 0 aliphatic heterocycles. The predicted octanol–water partition coefficient (Wildman–Crippen LogP) is 1.47. The Labute approximate surface area is 50.9 Å². The molecule has 2 N–H and O–H groups in total. The lowest BCUT2D eigenvalue weighted by molar-refractivity contribution is 1.17. The van der Waals surface area contributed by atoms with Gasteiger partial charge in [0, 0.05) is 6.54 Å². The average molecular weight is 111 g/mol. The number of hydrogen-bond acceptors (Lipinski definition) is 1. The molecule has 1 nitrogen and oxygen atoms in total. The van der Waals surface area contributed by atoms with Gasteiger partial charge in [0.25, 0.3) is 0 Å². The van der Waals surface area contributed by atoms with Crippen molar-refractivity contribution in [1.29, 1.82) is 0 Å². The average Bonchev–Trinajstić information content (AvgIpc) is 1.83. The molecule has 0 amide bonds. The minimum absolute atomic E-state index is 0.566. The number of rotatable bonds is 3. The third-order valence-electron chi connectivity index (χ3n) is 0.851. The van der Waals surface area contributed by atoms with Crippen molar-refractivity contribution in [3.8, 4) is 0 Å². The maximum atomic E-state index is 5.26. The molecular weight excluding hydrogens is 98.1 g/mol. The second kappa shape index (κ2) is 4.60. The quantitative estimate of drug-likeness (QED) is 0.548. The zero-order valence-corrected chi connectivity index (χ0v) is 5.35. The molecule has 1 heteroatoms. The summed E-state index contributed by atoms with van der Waals surface area (Å²) in [7, 11) is 0. The second-order valence-electron chi connectivity index (χ2n) is 1.67. The highest BCUT2D eigenvalue weighted by Gasteiger charge is 1.76. The van der Waals surface area contributed by atoms with E-state index in [2.05, 4.69) is 19.6 Å². The molecule has 0 saturated carbocycles. The Hall–Kier alpha value is -0.560. The zero-order chi connectivity index (χ0) is 6.41. The van der Waals surface area contributed by atoms with Gasteiger partial charge in [-0.1, -0.05) is 25.7 Å². The molecule has 0 rings (SSSR count). The lowest BCUT2D eigenvalue weighted by Gasteiger charge is -1.88. The molecule has 0 aliphatic carbocycles. The summed E-state index contributed by atoms with van der Waals surface area (Å²) in [6.45, 7) is 6.35. The molecule has 8 heavy (non-hydrogen) atoms. The third-order valence-corrected chi connectivity index (χ3v) is 0.851. The fourth-order valence-corrected chi connectivity index (χ4v) is 0.353. The van der Waals surface area contributed by atoms with Gasteiger partial charge in [0.1, 0.15) is 0 Å². The van der Waals surface area contributed by atoms with E-state index in [4.69, 9.17) is 5.73 Å². The predicted molar refractivity (Wildman–Crippen MR) is 37.6 cm³/mol. The molecule has 0 aliphatic rings. The maximum Gasteiger partial charge on any atom is 0.0172 e. The van der Waals surface area contributed by atoms with E-state index < -0.39 is 0 Å². The minimum Gasteiger partial charge on any atom is -0.327 e. The Morgan fingerprint density at radius 2 is 2.38 bits per heavy atom. The van der Waals surface area contributed by atoms with Crippen molar-refractivity contribution in [2.75, 3.05) is 6.54 Å². The van der Waals surface area contributed by atoms with Gasteiger partial charge in [-0.15, -0.1) is 0 Å². The molecular formula is C7H13N. The summed E-state index contributed by atoms with van der Waals surface area (Å²) in [6, 6.07) is 0. The summed E-state index contributed by atoms with van der Waals surface area (Å²) >= 11 is 0. The highest BCUT2D eigenvalue weighted by atomic mass is 14.5. The fourth-order valence-electron chi connectivity index (χ4n) is 0.353. The Balaban J connectivity index is 3.37. The lowest BCUT2D eigenvalue weighted by atomic mass is 10.2. The third kappa shape index (κ3) is 3.62. The van der Waals surface area contributed by atoms with Crippen LogP contribution in [0.5, 0.6) is 0 Å². The van der Waals surface area contributed by atoms with Gasteiger partial charge in [-0.3, -0.25) is 0 Å². The Bertz CT molecular complexity index is 92.6. The van der Waals surface area contributed by atoms with Crippen LogP contribution in [0.1, 0.15) is 13.3 Å². The first-order valence-electron chi connectivity index (χ1n) is 2.85. The van der Waals surface area contributed by atoms with E-state index in [0.717, 1.165) is 12.0 Å². The van der Waals surface area contributed by atoms with Crippen molar-refractivity contribution in [2.45, 2.75) is 13.3 Å². The van der Waals surface area contributed by atoms with Crippen molar-refractivity contribution in [3.05, 3.63) is 24.3 Å². The molecule has 0 heterocycles. The van der Waals surface area contributed by atoms with Crippen LogP contribution in [0.2, 0.25) is 0 Å². The minimum atomic E-state index is 0.566. The largest absolute Gasteiger partial charge is 0.327 e. The van der Waals surface area contributed by atoms with Gasteiger partial charge < -0.3 is 5.73 Å². The highest BCUT2D eigenvalue weighted by Crippen LogP contribution is 1.89. The normalized spacial score (nSPS) is 10.2. The van der Waals surface area contributed by atoms with Gasteiger partial charge in [-0.05, 0) is 12.0 Å². The van der Waals surface area contributed by atoms with E-state index in [1.807, 2.05) is 6.08 Å². The van der Waals surface area contributed by atoms with Gasteiger partial charge in [0.05, 0.1) is 0 Å². The fraction of sp³-hybridized carbons (Fsp3) is 0.429. The summed E-state index contributed by atoms with van der Waals surface area (Å²) in [5.74, 6) is 0. The summed E-state index contributed by atoms with van der Waals surface area (Å²) in [5.41, 5.74) is 6.25. The van der Waals surface area contributed by atoms with E-state index in [0.29, 0.717) is 6.54 Å². The van der Waals surface area contributed by atoms with Gasteiger partial charge in [0.15, 0.2) is 0 Å². The molecule has 0 aromatic heterocycles. The molecule has 0 aromatic carbocycles. The highest BCUT2D eigenvalue weighted by molar-refractivity contribution is 5.14. The molecule has 0 aromatic rings. The first-order chi connectivity index (χ1) is 3.81. The molecule has 0 bridgehead atoms. The Morgan fingerprint density at radius 3 is 2.75 bits per heavy atom. The van der Waals surface area contributed by atoms with Crippen molar-refractivity contribution < 1.29 is 0 Å². The van der Waals surface area contributed by atoms with E-state index in [-0.39, 0.29) is 0 Å². The Morgan fingerprint density at radius 1 is 1.75 bits per heavy atom. The lowest BCUT2D eigenvalue weighted by Crippen LogP contribution is -1.98. The van der Waals surface area contributed by atoms with E-state index >= 15 is 0 Å². The van der Waals surface area contributed by atoms with Gasteiger partial charge >= 0.3 is 0 Å². The summed E-state index contributed by atoms with van der Waals surface area (Å²) in [6.07, 6.45) is 5.06. The zero-order valence-electron chi connectivity index (χ0n) is 5.35. The van der Waals surface area contributed by atoms with E-state index in [1.54, 1.807) is 0 Å². The molecule has 0 unspecified atom stereocenters. The topological polar surface area (TPSA) is 26.0 Å². The monoisotopic (exact) mass is 111 g/mol. The van der Waals surface area contributed by atoms with Gasteiger partial charge in [-0.2, -0.15) is 0 Å². The van der Waals surface area contributed by atoms with Crippen molar-refractivity contribution in [1.82, 2.24) is 0 Å². The Kier molecular flexibility index (Phi) is 4.27. The van der Waals surface area contributed by atoms with E-state index in [1.165, 1.54) is 0 Å². The van der Waals surface area contributed by atoms with Gasteiger partial charge in [0.2, 0.25) is 0 Å². The number of allylic oxidation sites excluding steroid dienone is 1. The van der Waals surface area contributed by atoms with Crippen molar-refractivity contribution >= 4 is 0 Å². The first kappa shape index (κ1) is 7.44. The smallest absolute Gasteiger partial charge is 0.0172 e. The summed E-state index contributed by atoms with van der Waals surface area (Å²) in [5, 5.41) is 0. The maximum absolute atomic E-state index is 5.26. The van der Waals surface area contributed by atoms with Crippen LogP contribution in [-0.4, -0.2) is 6.54 Å². The molecule has 46 valence electrons. The summed E-state index contributed by atoms with van der Waals surface area (Å²) in [4.78, 5) is 0. The number of hydrogen-bond donors (Lipinski definition) is 1. The van der Waals surface area contributed by atoms with Crippen LogP contribution < -0.4 is 5.73 Å². The first-order valence-corrected chi connectivity index (χ1v) is 2.85. The van der Waals surface area contributed by atoms with Crippen LogP contribution in [0.3, 0.4) is 0 Å². The van der Waals surface area contributed by atoms with Crippen molar-refractivity contribution in [2.24, 2.45) is 5.73 Å². The van der Waals surface area contributed by atoms with Crippen LogP contribution in [0.25, 0.3) is 0 Å². The van der Waals surface area contributed by atoms with Crippen LogP contribution >= 0.6 is 0 Å². The standard InChI is InChI=1S/C7H13N/c1-3-4-5-7(2)6-8/h4-5H,2-3,6,8H2,1H3/b5-4-. The van der Waals surface area contributed by atoms with E-state index in [9.17, 15) is 0 Å². The summed E-state index contributed by atoms with van der Waals surface area (Å²) < 4.78 is 0. The van der Waals surface area contributed by atoms with Crippen LogP contribution in [0.4, 0.5) is 0 Å². The van der Waals surface area contributed by atoms with Crippen molar-refractivity contribution in [3.63, 3.8) is 0 Å². The van der Waals surface area contributed by atoms with Gasteiger partial charge in [-0.25, -0.2) is 0 Å². The molecule has 0 saturated heterocycles.